The van der Waals surface area contributed by atoms with Crippen LogP contribution in [0.3, 0.4) is 0 Å². The zero-order valence-electron chi connectivity index (χ0n) is 18.7. The van der Waals surface area contributed by atoms with Gasteiger partial charge in [0.1, 0.15) is 11.5 Å². The third kappa shape index (κ3) is 6.09. The number of carbonyl (C=O) groups excluding carboxylic acids is 1. The first-order chi connectivity index (χ1) is 14.2. The van der Waals surface area contributed by atoms with Gasteiger partial charge in [-0.2, -0.15) is 0 Å². The normalized spacial score (nSPS) is 13.3. The van der Waals surface area contributed by atoms with Crippen LogP contribution in [0.1, 0.15) is 63.5 Å². The van der Waals surface area contributed by atoms with Gasteiger partial charge in [0, 0.05) is 30.8 Å². The molecule has 0 radical (unpaired) electrons. The number of hydrogen-bond donors (Lipinski definition) is 2. The number of amides is 1. The lowest BCUT2D eigenvalue weighted by Crippen LogP contribution is -2.46. The van der Waals surface area contributed by atoms with Gasteiger partial charge < -0.3 is 10.0 Å². The summed E-state index contributed by atoms with van der Waals surface area (Å²) in [4.78, 5) is 19.0. The minimum absolute atomic E-state index is 0.0260. The number of pyridine rings is 1. The standard InChI is InChI=1S/C24H34FN3O2/c1-6-14-28(15-7-2)23(29)19-10-8-18(9-11-19)21-13-12-20(25)22(27-21)16-26-24(5,30)17(3)4/h8-13,17,26,30H,6-7,14-16H2,1-5H3/t24-/m1/s1. The SMILES string of the molecule is CCCN(CCC)C(=O)c1ccc(-c2ccc(F)c(CN[C@](C)(O)C(C)C)n2)cc1. The minimum atomic E-state index is -1.12. The van der Waals surface area contributed by atoms with Gasteiger partial charge in [0.2, 0.25) is 0 Å². The summed E-state index contributed by atoms with van der Waals surface area (Å²) >= 11 is 0. The molecule has 2 aromatic rings. The Kier molecular flexibility index (Phi) is 8.50. The topological polar surface area (TPSA) is 65.5 Å². The van der Waals surface area contributed by atoms with Crippen LogP contribution in [0, 0.1) is 11.7 Å². The molecule has 1 atom stereocenters. The number of carbonyl (C=O) groups is 1. The molecule has 1 heterocycles. The Morgan fingerprint density at radius 2 is 1.73 bits per heavy atom. The molecule has 0 fully saturated rings. The van der Waals surface area contributed by atoms with Gasteiger partial charge >= 0.3 is 0 Å². The summed E-state index contributed by atoms with van der Waals surface area (Å²) in [7, 11) is 0. The maximum atomic E-state index is 14.2. The van der Waals surface area contributed by atoms with Gasteiger partial charge in [-0.05, 0) is 49.9 Å². The molecular weight excluding hydrogens is 381 g/mol. The molecule has 0 saturated heterocycles. The van der Waals surface area contributed by atoms with E-state index in [1.165, 1.54) is 6.07 Å². The third-order valence-corrected chi connectivity index (χ3v) is 5.36. The highest BCUT2D eigenvalue weighted by molar-refractivity contribution is 5.94. The first kappa shape index (κ1) is 24.0. The first-order valence-electron chi connectivity index (χ1n) is 10.7. The fourth-order valence-corrected chi connectivity index (χ4v) is 3.06. The summed E-state index contributed by atoms with van der Waals surface area (Å²) in [5.41, 5.74) is 1.19. The predicted octanol–water partition coefficient (Wildman–Crippen LogP) is 4.60. The van der Waals surface area contributed by atoms with Crippen LogP contribution < -0.4 is 5.32 Å². The lowest BCUT2D eigenvalue weighted by atomic mass is 10.0. The van der Waals surface area contributed by atoms with Crippen LogP contribution in [0.2, 0.25) is 0 Å². The average Bonchev–Trinajstić information content (AvgIpc) is 2.72. The van der Waals surface area contributed by atoms with E-state index in [-0.39, 0.29) is 24.1 Å². The molecule has 0 aliphatic heterocycles. The second-order valence-corrected chi connectivity index (χ2v) is 8.15. The van der Waals surface area contributed by atoms with Gasteiger partial charge in [-0.3, -0.25) is 10.1 Å². The highest BCUT2D eigenvalue weighted by atomic mass is 19.1. The summed E-state index contributed by atoms with van der Waals surface area (Å²) in [6, 6.07) is 10.3. The van der Waals surface area contributed by atoms with E-state index in [0.717, 1.165) is 31.5 Å². The number of rotatable bonds is 10. The molecule has 0 spiro atoms. The van der Waals surface area contributed by atoms with Crippen LogP contribution in [-0.2, 0) is 6.54 Å². The van der Waals surface area contributed by atoms with E-state index in [9.17, 15) is 14.3 Å². The van der Waals surface area contributed by atoms with Crippen molar-refractivity contribution in [2.75, 3.05) is 13.1 Å². The smallest absolute Gasteiger partial charge is 0.253 e. The van der Waals surface area contributed by atoms with Crippen molar-refractivity contribution in [1.82, 2.24) is 15.2 Å². The fourth-order valence-electron chi connectivity index (χ4n) is 3.06. The predicted molar refractivity (Wildman–Crippen MR) is 118 cm³/mol. The monoisotopic (exact) mass is 415 g/mol. The zero-order valence-corrected chi connectivity index (χ0v) is 18.7. The van der Waals surface area contributed by atoms with E-state index in [2.05, 4.69) is 24.1 Å². The molecule has 30 heavy (non-hydrogen) atoms. The first-order valence-corrected chi connectivity index (χ1v) is 10.7. The summed E-state index contributed by atoms with van der Waals surface area (Å²) in [6.45, 7) is 11.2. The van der Waals surface area contributed by atoms with Gasteiger partial charge in [-0.25, -0.2) is 9.37 Å². The molecule has 0 saturated carbocycles. The number of nitrogens with zero attached hydrogens (tertiary/aromatic N) is 2. The van der Waals surface area contributed by atoms with E-state index in [1.54, 1.807) is 25.1 Å². The van der Waals surface area contributed by atoms with Crippen LogP contribution in [-0.4, -0.2) is 39.7 Å². The average molecular weight is 416 g/mol. The summed E-state index contributed by atoms with van der Waals surface area (Å²) in [5, 5.41) is 13.3. The highest BCUT2D eigenvalue weighted by Crippen LogP contribution is 2.21. The van der Waals surface area contributed by atoms with Crippen LogP contribution in [0.5, 0.6) is 0 Å². The van der Waals surface area contributed by atoms with Crippen molar-refractivity contribution in [1.29, 1.82) is 0 Å². The number of halogens is 1. The van der Waals surface area contributed by atoms with Crippen molar-refractivity contribution >= 4 is 5.91 Å². The maximum Gasteiger partial charge on any atom is 0.253 e. The van der Waals surface area contributed by atoms with Crippen LogP contribution >= 0.6 is 0 Å². The Labute approximate surface area is 179 Å². The van der Waals surface area contributed by atoms with Gasteiger partial charge in [0.15, 0.2) is 0 Å². The van der Waals surface area contributed by atoms with Crippen molar-refractivity contribution in [3.63, 3.8) is 0 Å². The van der Waals surface area contributed by atoms with Crippen molar-refractivity contribution in [2.45, 2.75) is 59.7 Å². The molecule has 1 amide bonds. The number of aliphatic hydroxyl groups is 1. The third-order valence-electron chi connectivity index (χ3n) is 5.36. The molecule has 1 aromatic carbocycles. The van der Waals surface area contributed by atoms with Crippen molar-refractivity contribution in [3.8, 4) is 11.3 Å². The highest BCUT2D eigenvalue weighted by Gasteiger charge is 2.24. The molecule has 164 valence electrons. The molecular formula is C24H34FN3O2. The Hall–Kier alpha value is -2.31. The molecule has 0 aliphatic carbocycles. The summed E-state index contributed by atoms with van der Waals surface area (Å²) in [6.07, 6.45) is 1.84. The lowest BCUT2D eigenvalue weighted by Gasteiger charge is -2.29. The number of benzene rings is 1. The van der Waals surface area contributed by atoms with Crippen molar-refractivity contribution < 1.29 is 14.3 Å². The van der Waals surface area contributed by atoms with Crippen molar-refractivity contribution in [3.05, 3.63) is 53.5 Å². The van der Waals surface area contributed by atoms with E-state index in [4.69, 9.17) is 0 Å². The second kappa shape index (κ2) is 10.6. The van der Waals surface area contributed by atoms with E-state index in [0.29, 0.717) is 11.3 Å². The quantitative estimate of drug-likeness (QED) is 0.557. The van der Waals surface area contributed by atoms with Gasteiger partial charge in [-0.1, -0.05) is 39.8 Å². The fraction of sp³-hybridized carbons (Fsp3) is 0.500. The Bertz CT molecular complexity index is 829. The van der Waals surface area contributed by atoms with Crippen LogP contribution in [0.25, 0.3) is 11.3 Å². The minimum Gasteiger partial charge on any atom is -0.376 e. The number of nitrogens with one attached hydrogen (secondary N) is 1. The molecule has 0 unspecified atom stereocenters. The Morgan fingerprint density at radius 3 is 2.27 bits per heavy atom. The van der Waals surface area contributed by atoms with E-state index < -0.39 is 11.5 Å². The molecule has 0 aliphatic rings. The molecule has 5 nitrogen and oxygen atoms in total. The Morgan fingerprint density at radius 1 is 1.13 bits per heavy atom. The lowest BCUT2D eigenvalue weighted by molar-refractivity contribution is -0.0219. The van der Waals surface area contributed by atoms with Crippen LogP contribution in [0.15, 0.2) is 36.4 Å². The van der Waals surface area contributed by atoms with Gasteiger partial charge in [-0.15, -0.1) is 0 Å². The van der Waals surface area contributed by atoms with Crippen molar-refractivity contribution in [2.24, 2.45) is 5.92 Å². The summed E-state index contributed by atoms with van der Waals surface area (Å²) in [5.74, 6) is -0.431. The maximum absolute atomic E-state index is 14.2. The van der Waals surface area contributed by atoms with E-state index >= 15 is 0 Å². The molecule has 1 aromatic heterocycles. The van der Waals surface area contributed by atoms with E-state index in [1.807, 2.05) is 30.9 Å². The van der Waals surface area contributed by atoms with Crippen LogP contribution in [0.4, 0.5) is 4.39 Å². The molecule has 2 N–H and O–H groups in total. The molecule has 2 rings (SSSR count). The summed E-state index contributed by atoms with van der Waals surface area (Å²) < 4.78 is 14.2. The number of aromatic nitrogens is 1. The molecule has 0 bridgehead atoms. The van der Waals surface area contributed by atoms with Gasteiger partial charge in [0.25, 0.3) is 5.91 Å². The molecule has 6 heteroatoms. The zero-order chi connectivity index (χ0) is 22.3. The largest absolute Gasteiger partial charge is 0.376 e. The second-order valence-electron chi connectivity index (χ2n) is 8.15. The van der Waals surface area contributed by atoms with Gasteiger partial charge in [0.05, 0.1) is 11.4 Å². The number of hydrogen-bond acceptors (Lipinski definition) is 4. The Balaban J connectivity index is 2.19.